The maximum atomic E-state index is 14.6. The Bertz CT molecular complexity index is 2200. The molecule has 3 N–H and O–H groups in total. The molecule has 11 nitrogen and oxygen atoms in total. The third kappa shape index (κ3) is 4.19. The van der Waals surface area contributed by atoms with Crippen molar-refractivity contribution in [3.63, 3.8) is 0 Å². The summed E-state index contributed by atoms with van der Waals surface area (Å²) in [7, 11) is 3.83. The number of hydrogen-bond donors (Lipinski definition) is 2. The summed E-state index contributed by atoms with van der Waals surface area (Å²) in [6.45, 7) is 2.42. The zero-order valence-electron chi connectivity index (χ0n) is 23.7. The number of anilines is 2. The van der Waals surface area contributed by atoms with Crippen LogP contribution in [0.25, 0.3) is 22.1 Å². The van der Waals surface area contributed by atoms with Gasteiger partial charge in [0.05, 0.1) is 28.9 Å². The second-order valence-electron chi connectivity index (χ2n) is 10.6. The van der Waals surface area contributed by atoms with Gasteiger partial charge in [0.1, 0.15) is 5.56 Å². The molecule has 1 atom stereocenters. The summed E-state index contributed by atoms with van der Waals surface area (Å²) >= 11 is 0. The first-order valence-electron chi connectivity index (χ1n) is 13.7. The third-order valence-electron chi connectivity index (χ3n) is 7.73. The van der Waals surface area contributed by atoms with E-state index in [9.17, 15) is 9.59 Å². The zero-order valence-corrected chi connectivity index (χ0v) is 23.7. The minimum atomic E-state index is -0.581. The van der Waals surface area contributed by atoms with Crippen LogP contribution in [0, 0.1) is 11.8 Å². The fourth-order valence-electron chi connectivity index (χ4n) is 5.88. The number of nitrogens with two attached hydrogens (primary N) is 1. The van der Waals surface area contributed by atoms with E-state index >= 15 is 0 Å². The van der Waals surface area contributed by atoms with Crippen molar-refractivity contribution in [1.82, 2.24) is 34.3 Å². The van der Waals surface area contributed by atoms with Crippen molar-refractivity contribution < 1.29 is 4.79 Å². The third-order valence-corrected chi connectivity index (χ3v) is 7.73. The number of nitrogens with one attached hydrogen (secondary N) is 1. The molecule has 11 heteroatoms. The zero-order chi connectivity index (χ0) is 29.8. The van der Waals surface area contributed by atoms with E-state index < -0.39 is 11.9 Å². The van der Waals surface area contributed by atoms with E-state index in [1.165, 1.54) is 4.52 Å². The molecule has 0 aliphatic carbocycles. The highest BCUT2D eigenvalue weighted by molar-refractivity contribution is 6.05. The number of fused-ring (bicyclic) bond motifs is 1. The molecule has 0 saturated carbocycles. The van der Waals surface area contributed by atoms with Gasteiger partial charge in [0.15, 0.2) is 11.5 Å². The Labute approximate surface area is 246 Å². The van der Waals surface area contributed by atoms with Crippen molar-refractivity contribution in [3.8, 4) is 17.5 Å². The summed E-state index contributed by atoms with van der Waals surface area (Å²) in [4.78, 5) is 34.7. The van der Waals surface area contributed by atoms with Crippen LogP contribution in [0.1, 0.15) is 45.7 Å². The van der Waals surface area contributed by atoms with Crippen LogP contribution in [0.5, 0.6) is 0 Å². The number of nitrogens with zero attached hydrogens (tertiary/aromatic N) is 7. The smallest absolute Gasteiger partial charge is 0.264 e. The standard InChI is InChI=1S/C32H27N9O2/c1-19(36-31(42)27-29(33)37-40-15-7-14-34-30(27)40)28-23-18-38(2)24-13-12-21(11-10-20-16-35-39(3)17-20)25(26(23)24)32(43)41(28)22-8-5-4-6-9-22/h4-9,12-17,19H,18H2,1-3H3,(H2,33,37)(H,36,42)/t19-/m0/s1. The van der Waals surface area contributed by atoms with Gasteiger partial charge in [-0.1, -0.05) is 30.0 Å². The van der Waals surface area contributed by atoms with Crippen molar-refractivity contribution in [2.45, 2.75) is 19.5 Å². The number of carbonyl (C=O) groups is 1. The molecule has 1 amide bonds. The Balaban J connectivity index is 1.44. The van der Waals surface area contributed by atoms with Gasteiger partial charge in [-0.15, -0.1) is 5.10 Å². The SMILES string of the molecule is C[C@H](NC(=O)c1c(N)nn2cccnc12)c1c2c3c(ccc(C#Cc4cnn(C)c4)c3c(=O)n1-c1ccccc1)N(C)C2. The number of para-hydroxylation sites is 1. The van der Waals surface area contributed by atoms with Gasteiger partial charge in [0.2, 0.25) is 0 Å². The van der Waals surface area contributed by atoms with Crippen molar-refractivity contribution in [1.29, 1.82) is 0 Å². The van der Waals surface area contributed by atoms with Gasteiger partial charge in [-0.05, 0) is 37.3 Å². The molecule has 5 heterocycles. The Morgan fingerprint density at radius 3 is 2.65 bits per heavy atom. The molecular formula is C32H27N9O2. The summed E-state index contributed by atoms with van der Waals surface area (Å²) in [5.41, 5.74) is 11.1. The highest BCUT2D eigenvalue weighted by Crippen LogP contribution is 2.40. The number of aromatic nitrogens is 6. The molecule has 1 aliphatic heterocycles. The molecule has 4 aromatic heterocycles. The number of hydrogen-bond acceptors (Lipinski definition) is 7. The summed E-state index contributed by atoms with van der Waals surface area (Å²) in [5.74, 6) is 6.02. The van der Waals surface area contributed by atoms with Gasteiger partial charge in [-0.2, -0.15) is 5.10 Å². The molecule has 1 aliphatic rings. The summed E-state index contributed by atoms with van der Waals surface area (Å²) in [5, 5.41) is 12.9. The number of rotatable bonds is 4. The molecule has 0 bridgehead atoms. The van der Waals surface area contributed by atoms with Crippen LogP contribution >= 0.6 is 0 Å². The summed E-state index contributed by atoms with van der Waals surface area (Å²) in [6.07, 6.45) is 6.79. The molecule has 0 fully saturated rings. The topological polar surface area (TPSA) is 128 Å². The molecule has 212 valence electrons. The van der Waals surface area contributed by atoms with Crippen LogP contribution in [0.3, 0.4) is 0 Å². The van der Waals surface area contributed by atoms with Crippen molar-refractivity contribution in [3.05, 3.63) is 112 Å². The fraction of sp³-hybridized carbons (Fsp3) is 0.156. The number of aryl methyl sites for hydroxylation is 1. The van der Waals surface area contributed by atoms with Crippen LogP contribution in [0.4, 0.5) is 11.5 Å². The lowest BCUT2D eigenvalue weighted by Gasteiger charge is -2.23. The van der Waals surface area contributed by atoms with Gasteiger partial charge in [0.25, 0.3) is 11.5 Å². The lowest BCUT2D eigenvalue weighted by Crippen LogP contribution is -2.34. The monoisotopic (exact) mass is 569 g/mol. The molecule has 2 aromatic carbocycles. The van der Waals surface area contributed by atoms with Crippen LogP contribution in [0.2, 0.25) is 0 Å². The summed E-state index contributed by atoms with van der Waals surface area (Å²) in [6, 6.07) is 14.5. The van der Waals surface area contributed by atoms with Crippen LogP contribution in [0.15, 0.2) is 78.1 Å². The Kier molecular flexibility index (Phi) is 5.98. The largest absolute Gasteiger partial charge is 0.381 e. The minimum Gasteiger partial charge on any atom is -0.381 e. The lowest BCUT2D eigenvalue weighted by molar-refractivity contribution is 0.0941. The van der Waals surface area contributed by atoms with E-state index in [-0.39, 0.29) is 16.9 Å². The van der Waals surface area contributed by atoms with Crippen molar-refractivity contribution in [2.75, 3.05) is 17.7 Å². The Hall–Kier alpha value is -5.89. The number of carbonyl (C=O) groups excluding carboxylic acids is 1. The number of amides is 1. The molecule has 0 spiro atoms. The first-order chi connectivity index (χ1) is 20.8. The molecule has 7 rings (SSSR count). The van der Waals surface area contributed by atoms with E-state index in [2.05, 4.69) is 37.2 Å². The molecule has 0 saturated heterocycles. The molecule has 43 heavy (non-hydrogen) atoms. The lowest BCUT2D eigenvalue weighted by atomic mass is 9.97. The highest BCUT2D eigenvalue weighted by Gasteiger charge is 2.31. The predicted molar refractivity (Wildman–Crippen MR) is 164 cm³/mol. The van der Waals surface area contributed by atoms with Crippen LogP contribution in [-0.4, -0.2) is 41.9 Å². The van der Waals surface area contributed by atoms with Crippen LogP contribution in [-0.2, 0) is 13.6 Å². The predicted octanol–water partition coefficient (Wildman–Crippen LogP) is 3.19. The Morgan fingerprint density at radius 2 is 1.88 bits per heavy atom. The first-order valence-corrected chi connectivity index (χ1v) is 13.7. The van der Waals surface area contributed by atoms with Crippen LogP contribution < -0.4 is 21.5 Å². The average molecular weight is 570 g/mol. The van der Waals surface area contributed by atoms with Gasteiger partial charge in [-0.3, -0.25) is 18.8 Å². The maximum absolute atomic E-state index is 14.6. The normalized spacial score (nSPS) is 12.9. The molecular weight excluding hydrogens is 542 g/mol. The van der Waals surface area contributed by atoms with E-state index in [1.807, 2.05) is 69.7 Å². The van der Waals surface area contributed by atoms with Crippen molar-refractivity contribution >= 4 is 33.8 Å². The first kappa shape index (κ1) is 26.0. The van der Waals surface area contributed by atoms with Gasteiger partial charge in [-0.25, -0.2) is 9.50 Å². The van der Waals surface area contributed by atoms with Gasteiger partial charge < -0.3 is 16.0 Å². The van der Waals surface area contributed by atoms with E-state index in [1.54, 1.807) is 33.9 Å². The quantitative estimate of drug-likeness (QED) is 0.312. The molecule has 0 unspecified atom stereocenters. The number of pyridine rings is 1. The fourth-order valence-corrected chi connectivity index (χ4v) is 5.88. The van der Waals surface area contributed by atoms with Crippen molar-refractivity contribution in [2.24, 2.45) is 7.05 Å². The highest BCUT2D eigenvalue weighted by atomic mass is 16.2. The van der Waals surface area contributed by atoms with Gasteiger partial charge >= 0.3 is 0 Å². The number of benzene rings is 2. The molecule has 0 radical (unpaired) electrons. The maximum Gasteiger partial charge on any atom is 0.264 e. The minimum absolute atomic E-state index is 0.0748. The number of nitrogen functional groups attached to an aromatic ring is 1. The molecule has 6 aromatic rings. The second-order valence-corrected chi connectivity index (χ2v) is 10.6. The van der Waals surface area contributed by atoms with E-state index in [0.29, 0.717) is 34.5 Å². The van der Waals surface area contributed by atoms with Gasteiger partial charge in [0, 0.05) is 67.1 Å². The van der Waals surface area contributed by atoms with E-state index in [4.69, 9.17) is 5.73 Å². The average Bonchev–Trinajstić information content (AvgIpc) is 3.68. The summed E-state index contributed by atoms with van der Waals surface area (Å²) < 4.78 is 4.85. The Morgan fingerprint density at radius 1 is 1.07 bits per heavy atom. The second kappa shape index (κ2) is 9.88. The van der Waals surface area contributed by atoms with E-state index in [0.717, 1.165) is 22.2 Å².